The first-order chi connectivity index (χ1) is 23.9. The van der Waals surface area contributed by atoms with Gasteiger partial charge in [-0.25, -0.2) is 0 Å². The highest BCUT2D eigenvalue weighted by molar-refractivity contribution is 6.82. The van der Waals surface area contributed by atoms with E-state index in [1.807, 2.05) is 0 Å². The monoisotopic (exact) mass is 699 g/mol. The van der Waals surface area contributed by atoms with Crippen LogP contribution in [-0.4, -0.2) is 28.4 Å². The van der Waals surface area contributed by atoms with Crippen LogP contribution >= 0.6 is 0 Å². The van der Waals surface area contributed by atoms with Gasteiger partial charge in [-0.05, 0) is 90.1 Å². The van der Waals surface area contributed by atoms with Gasteiger partial charge in [-0.1, -0.05) is 155 Å². The molecule has 2 nitrogen and oxygen atoms in total. The Labute approximate surface area is 305 Å². The number of benzene rings is 4. The topological polar surface area (TPSA) is 12.5 Å². The van der Waals surface area contributed by atoms with Crippen molar-refractivity contribution in [1.82, 2.24) is 0 Å². The molecule has 0 fully saturated rings. The molecule has 6 atom stereocenters. The van der Waals surface area contributed by atoms with Crippen LogP contribution < -0.4 is 4.90 Å². The molecule has 3 aliphatic rings. The van der Waals surface area contributed by atoms with Crippen LogP contribution in [-0.2, 0) is 11.3 Å². The first-order valence-corrected chi connectivity index (χ1v) is 26.2. The maximum absolute atomic E-state index is 6.11. The average Bonchev–Trinajstić information content (AvgIpc) is 3.72. The van der Waals surface area contributed by atoms with Crippen LogP contribution in [0.3, 0.4) is 0 Å². The minimum Gasteiger partial charge on any atom is -0.376 e. The third-order valence-corrected chi connectivity index (χ3v) is 19.7. The fourth-order valence-corrected chi connectivity index (χ4v) is 18.4. The number of fused-ring (bicyclic) bond motifs is 6. The van der Waals surface area contributed by atoms with Gasteiger partial charge < -0.3 is 9.64 Å². The van der Waals surface area contributed by atoms with Gasteiger partial charge in [0.05, 0.1) is 19.7 Å². The summed E-state index contributed by atoms with van der Waals surface area (Å²) in [5.41, 5.74) is 12.4. The first-order valence-electron chi connectivity index (χ1n) is 19.7. The van der Waals surface area contributed by atoms with E-state index in [-0.39, 0.29) is 5.60 Å². The van der Waals surface area contributed by atoms with Crippen molar-refractivity contribution in [3.05, 3.63) is 137 Å². The smallest absolute Gasteiger partial charge is 0.0667 e. The molecule has 0 amide bonds. The first kappa shape index (κ1) is 35.5. The van der Waals surface area contributed by atoms with E-state index in [0.717, 1.165) is 13.2 Å². The summed E-state index contributed by atoms with van der Waals surface area (Å²) in [5, 5.41) is 0. The molecule has 1 heterocycles. The molecular formula is C46H61NOSi2. The Morgan fingerprint density at radius 2 is 1.26 bits per heavy atom. The standard InChI is InChI=1S/C46H61NOSi2/c1-46(2,3)48-29-19-8-9-20-30-50(7,42-31-35(33-49(4,5)6)36-23-13-14-24-37(36)42)45-39-26-16-15-25-38(39)44-43(45)40-27-17-18-28-41(40)47(44)32-34-21-11-10-12-22-34/h10-18,21-28,35,42-45H,8-9,19-20,29-33H2,1-7H3. The quantitative estimate of drug-likeness (QED) is 0.102. The van der Waals surface area contributed by atoms with Crippen molar-refractivity contribution in [2.45, 2.75) is 132 Å². The zero-order valence-corrected chi connectivity index (χ0v) is 33.9. The normalized spacial score (nSPS) is 23.7. The van der Waals surface area contributed by atoms with Gasteiger partial charge in [0.1, 0.15) is 0 Å². The van der Waals surface area contributed by atoms with Crippen LogP contribution in [0.25, 0.3) is 0 Å². The predicted molar refractivity (Wildman–Crippen MR) is 219 cm³/mol. The summed E-state index contributed by atoms with van der Waals surface area (Å²) in [6.07, 6.45) is 6.43. The van der Waals surface area contributed by atoms with E-state index in [0.29, 0.717) is 29.0 Å². The van der Waals surface area contributed by atoms with E-state index in [1.165, 1.54) is 55.4 Å². The molecule has 0 bridgehead atoms. The van der Waals surface area contributed by atoms with E-state index < -0.39 is 16.1 Å². The van der Waals surface area contributed by atoms with Crippen molar-refractivity contribution in [1.29, 1.82) is 0 Å². The molecule has 4 heteroatoms. The Morgan fingerprint density at radius 3 is 1.96 bits per heavy atom. The van der Waals surface area contributed by atoms with E-state index in [4.69, 9.17) is 4.74 Å². The molecule has 4 aromatic carbocycles. The second-order valence-corrected chi connectivity index (χ2v) is 28.6. The maximum Gasteiger partial charge on any atom is 0.0667 e. The number of anilines is 1. The molecular weight excluding hydrogens is 639 g/mol. The number of hydrogen-bond donors (Lipinski definition) is 0. The highest BCUT2D eigenvalue weighted by Gasteiger charge is 2.59. The molecule has 0 radical (unpaired) electrons. The van der Waals surface area contributed by atoms with Gasteiger partial charge in [-0.2, -0.15) is 0 Å². The predicted octanol–water partition coefficient (Wildman–Crippen LogP) is 12.8. The molecule has 4 aromatic rings. The zero-order valence-electron chi connectivity index (χ0n) is 31.9. The van der Waals surface area contributed by atoms with Gasteiger partial charge in [0.25, 0.3) is 0 Å². The number of ether oxygens (including phenoxy) is 1. The Morgan fingerprint density at radius 1 is 0.660 bits per heavy atom. The van der Waals surface area contributed by atoms with E-state index >= 15 is 0 Å². The van der Waals surface area contributed by atoms with E-state index in [2.05, 4.69) is 155 Å². The maximum atomic E-state index is 6.11. The van der Waals surface area contributed by atoms with E-state index in [9.17, 15) is 0 Å². The van der Waals surface area contributed by atoms with Gasteiger partial charge in [-0.3, -0.25) is 0 Å². The Balaban J connectivity index is 1.28. The molecule has 7 rings (SSSR count). The highest BCUT2D eigenvalue weighted by Crippen LogP contribution is 2.66. The Hall–Kier alpha value is -2.93. The fourth-order valence-electron chi connectivity index (χ4n) is 10.4. The van der Waals surface area contributed by atoms with Gasteiger partial charge in [-0.15, -0.1) is 0 Å². The lowest BCUT2D eigenvalue weighted by molar-refractivity contribution is -0.00471. The minimum absolute atomic E-state index is 0.0494. The van der Waals surface area contributed by atoms with Crippen LogP contribution in [0.5, 0.6) is 0 Å². The summed E-state index contributed by atoms with van der Waals surface area (Å²) in [7, 11) is -3.26. The van der Waals surface area contributed by atoms with Crippen LogP contribution in [0.15, 0.2) is 103 Å². The highest BCUT2D eigenvalue weighted by atomic mass is 28.3. The molecule has 6 unspecified atom stereocenters. The second kappa shape index (κ2) is 14.2. The van der Waals surface area contributed by atoms with Crippen LogP contribution in [0.1, 0.15) is 115 Å². The molecule has 0 N–H and O–H groups in total. The number of para-hydroxylation sites is 1. The Bertz CT molecular complexity index is 1760. The fraction of sp³-hybridized carbons (Fsp3) is 0.478. The number of nitrogens with zero attached hydrogens (tertiary/aromatic N) is 1. The van der Waals surface area contributed by atoms with Crippen molar-refractivity contribution >= 4 is 21.8 Å². The summed E-state index contributed by atoms with van der Waals surface area (Å²) in [4.78, 5) is 2.79. The number of rotatable bonds is 13. The van der Waals surface area contributed by atoms with Crippen molar-refractivity contribution in [2.75, 3.05) is 11.5 Å². The third-order valence-electron chi connectivity index (χ3n) is 12.3. The van der Waals surface area contributed by atoms with Crippen molar-refractivity contribution in [3.63, 3.8) is 0 Å². The summed E-state index contributed by atoms with van der Waals surface area (Å²) < 4.78 is 6.11. The van der Waals surface area contributed by atoms with Gasteiger partial charge in [0, 0.05) is 32.8 Å². The SMILES string of the molecule is CC(C)(C)OCCCCCC[Si](C)(C1CC(C[Si](C)(C)C)c2ccccc21)C1c2ccccc2C2C1c1ccccc1N2Cc1ccccc1. The summed E-state index contributed by atoms with van der Waals surface area (Å²) >= 11 is 0. The van der Waals surface area contributed by atoms with Gasteiger partial charge in [0.15, 0.2) is 0 Å². The van der Waals surface area contributed by atoms with E-state index in [1.54, 1.807) is 27.8 Å². The van der Waals surface area contributed by atoms with Gasteiger partial charge >= 0.3 is 0 Å². The zero-order chi connectivity index (χ0) is 35.1. The average molecular weight is 700 g/mol. The van der Waals surface area contributed by atoms with Crippen molar-refractivity contribution < 1.29 is 4.74 Å². The molecule has 2 aliphatic carbocycles. The van der Waals surface area contributed by atoms with Gasteiger partial charge in [0.2, 0.25) is 0 Å². The molecule has 50 heavy (non-hydrogen) atoms. The summed E-state index contributed by atoms with van der Waals surface area (Å²) in [6, 6.07) is 43.3. The Kier molecular flexibility index (Phi) is 10.1. The lowest BCUT2D eigenvalue weighted by Crippen LogP contribution is -2.46. The summed E-state index contributed by atoms with van der Waals surface area (Å²) in [6.45, 7) is 19.0. The van der Waals surface area contributed by atoms with Crippen molar-refractivity contribution in [3.8, 4) is 0 Å². The number of unbranched alkanes of at least 4 members (excludes halogenated alkanes) is 3. The molecule has 1 aliphatic heterocycles. The van der Waals surface area contributed by atoms with Crippen LogP contribution in [0.2, 0.25) is 38.3 Å². The molecule has 264 valence electrons. The third kappa shape index (κ3) is 7.10. The molecule has 0 aromatic heterocycles. The number of hydrogen-bond acceptors (Lipinski definition) is 2. The summed E-state index contributed by atoms with van der Waals surface area (Å²) in [5.74, 6) is 1.22. The lowest BCUT2D eigenvalue weighted by Gasteiger charge is -2.43. The largest absolute Gasteiger partial charge is 0.376 e. The minimum atomic E-state index is -2.02. The molecule has 0 saturated carbocycles. The van der Waals surface area contributed by atoms with Crippen molar-refractivity contribution in [2.24, 2.45) is 0 Å². The van der Waals surface area contributed by atoms with Crippen LogP contribution in [0, 0.1) is 0 Å². The second-order valence-electron chi connectivity index (χ2n) is 18.3. The van der Waals surface area contributed by atoms with Crippen LogP contribution in [0.4, 0.5) is 5.69 Å². The molecule has 0 saturated heterocycles. The molecule has 0 spiro atoms. The lowest BCUT2D eigenvalue weighted by atomic mass is 9.95.